The van der Waals surface area contributed by atoms with Crippen LogP contribution in [0.25, 0.3) is 22.3 Å². The van der Waals surface area contributed by atoms with Crippen molar-refractivity contribution in [2.75, 3.05) is 0 Å². The minimum Gasteiger partial charge on any atom is -0.345 e. The summed E-state index contributed by atoms with van der Waals surface area (Å²) >= 11 is 0. The lowest BCUT2D eigenvalue weighted by atomic mass is 10.0. The van der Waals surface area contributed by atoms with Crippen LogP contribution in [0, 0.1) is 6.92 Å². The molecule has 1 amide bonds. The molecule has 0 fully saturated rings. The predicted molar refractivity (Wildman–Crippen MR) is 108 cm³/mol. The van der Waals surface area contributed by atoms with Crippen LogP contribution in [0.3, 0.4) is 0 Å². The maximum Gasteiger partial charge on any atom is 0.252 e. The number of fused-ring (bicyclic) bond motifs is 1. The summed E-state index contributed by atoms with van der Waals surface area (Å²) in [4.78, 5) is 17.8. The van der Waals surface area contributed by atoms with E-state index in [9.17, 15) is 4.79 Å². The topological polar surface area (TPSA) is 77.6 Å². The Morgan fingerprint density at radius 2 is 1.93 bits per heavy atom. The zero-order chi connectivity index (χ0) is 19.8. The third-order valence-electron chi connectivity index (χ3n) is 5.02. The number of nitrogens with one attached hydrogen (secondary N) is 1. The van der Waals surface area contributed by atoms with Crippen molar-refractivity contribution in [3.63, 3.8) is 0 Å². The standard InChI is InChI=1S/C21H22N6O/c1-13(17-12-22-27(4)14(17)2)23-21(28)16-11-20(19-9-10-26(3)25-19)24-18-8-6-5-7-15(16)18/h5-13H,1-4H3,(H,23,28). The van der Waals surface area contributed by atoms with Gasteiger partial charge < -0.3 is 5.32 Å². The van der Waals surface area contributed by atoms with Gasteiger partial charge in [-0.25, -0.2) is 4.98 Å². The first-order valence-corrected chi connectivity index (χ1v) is 9.13. The smallest absolute Gasteiger partial charge is 0.252 e. The van der Waals surface area contributed by atoms with Crippen molar-refractivity contribution >= 4 is 16.8 Å². The van der Waals surface area contributed by atoms with Crippen LogP contribution in [-0.4, -0.2) is 30.5 Å². The summed E-state index contributed by atoms with van der Waals surface area (Å²) in [7, 11) is 3.75. The third-order valence-corrected chi connectivity index (χ3v) is 5.02. The van der Waals surface area contributed by atoms with Crippen LogP contribution >= 0.6 is 0 Å². The molecular weight excluding hydrogens is 352 g/mol. The zero-order valence-electron chi connectivity index (χ0n) is 16.3. The number of benzene rings is 1. The van der Waals surface area contributed by atoms with E-state index >= 15 is 0 Å². The van der Waals surface area contributed by atoms with E-state index in [0.29, 0.717) is 11.3 Å². The SMILES string of the molecule is Cc1c(C(C)NC(=O)c2cc(-c3ccn(C)n3)nc3ccccc23)cnn1C. The molecule has 0 bridgehead atoms. The summed E-state index contributed by atoms with van der Waals surface area (Å²) in [5.74, 6) is -0.147. The number of carbonyl (C=O) groups excluding carboxylic acids is 1. The van der Waals surface area contributed by atoms with Crippen LogP contribution in [0.5, 0.6) is 0 Å². The van der Waals surface area contributed by atoms with E-state index in [4.69, 9.17) is 0 Å². The molecule has 7 heteroatoms. The molecule has 0 aliphatic carbocycles. The lowest BCUT2D eigenvalue weighted by Crippen LogP contribution is -2.27. The highest BCUT2D eigenvalue weighted by atomic mass is 16.1. The van der Waals surface area contributed by atoms with Gasteiger partial charge in [0.15, 0.2) is 0 Å². The fourth-order valence-electron chi connectivity index (χ4n) is 3.34. The Hall–Kier alpha value is -3.48. The van der Waals surface area contributed by atoms with Crippen LogP contribution in [0.4, 0.5) is 0 Å². The molecule has 0 aliphatic heterocycles. The van der Waals surface area contributed by atoms with Gasteiger partial charge >= 0.3 is 0 Å². The highest BCUT2D eigenvalue weighted by Gasteiger charge is 2.19. The minimum atomic E-state index is -0.161. The molecule has 3 heterocycles. The van der Waals surface area contributed by atoms with Crippen molar-refractivity contribution in [2.24, 2.45) is 14.1 Å². The first-order chi connectivity index (χ1) is 13.4. The van der Waals surface area contributed by atoms with Gasteiger partial charge in [0.25, 0.3) is 5.91 Å². The summed E-state index contributed by atoms with van der Waals surface area (Å²) in [6, 6.07) is 11.2. The predicted octanol–water partition coefficient (Wildman–Crippen LogP) is 3.17. The third kappa shape index (κ3) is 3.15. The quantitative estimate of drug-likeness (QED) is 0.595. The Balaban J connectivity index is 1.74. The molecule has 3 aromatic heterocycles. The van der Waals surface area contributed by atoms with E-state index in [2.05, 4.69) is 20.5 Å². The van der Waals surface area contributed by atoms with E-state index in [1.807, 2.05) is 70.5 Å². The van der Waals surface area contributed by atoms with Crippen molar-refractivity contribution in [3.8, 4) is 11.4 Å². The Morgan fingerprint density at radius 3 is 2.61 bits per heavy atom. The summed E-state index contributed by atoms with van der Waals surface area (Å²) < 4.78 is 3.53. The monoisotopic (exact) mass is 374 g/mol. The van der Waals surface area contributed by atoms with Crippen LogP contribution in [-0.2, 0) is 14.1 Å². The van der Waals surface area contributed by atoms with E-state index in [-0.39, 0.29) is 11.9 Å². The number of carbonyl (C=O) groups is 1. The summed E-state index contributed by atoms with van der Waals surface area (Å²) in [6.45, 7) is 3.96. The molecule has 4 rings (SSSR count). The van der Waals surface area contributed by atoms with Crippen LogP contribution in [0.1, 0.15) is 34.6 Å². The summed E-state index contributed by atoms with van der Waals surface area (Å²) in [5, 5.41) is 12.6. The lowest BCUT2D eigenvalue weighted by Gasteiger charge is -2.15. The number of rotatable bonds is 4. The Labute approximate surface area is 163 Å². The van der Waals surface area contributed by atoms with Crippen molar-refractivity contribution in [1.29, 1.82) is 0 Å². The molecule has 28 heavy (non-hydrogen) atoms. The molecule has 1 unspecified atom stereocenters. The number of para-hydroxylation sites is 1. The van der Waals surface area contributed by atoms with Gasteiger partial charge in [0, 0.05) is 36.9 Å². The molecule has 0 aliphatic rings. The Morgan fingerprint density at radius 1 is 1.14 bits per heavy atom. The lowest BCUT2D eigenvalue weighted by molar-refractivity contribution is 0.0941. The molecule has 0 radical (unpaired) electrons. The number of pyridine rings is 1. The highest BCUT2D eigenvalue weighted by Crippen LogP contribution is 2.25. The average molecular weight is 374 g/mol. The molecule has 7 nitrogen and oxygen atoms in total. The second-order valence-corrected chi connectivity index (χ2v) is 6.95. The van der Waals surface area contributed by atoms with Gasteiger partial charge in [-0.05, 0) is 32.0 Å². The molecule has 4 aromatic rings. The van der Waals surface area contributed by atoms with Gasteiger partial charge in [0.2, 0.25) is 0 Å². The van der Waals surface area contributed by atoms with E-state index in [1.165, 1.54) is 0 Å². The Bertz CT molecular complexity index is 1170. The second-order valence-electron chi connectivity index (χ2n) is 6.95. The minimum absolute atomic E-state index is 0.147. The molecule has 1 aromatic carbocycles. The average Bonchev–Trinajstić information content (AvgIpc) is 3.26. The van der Waals surface area contributed by atoms with E-state index in [0.717, 1.165) is 27.9 Å². The van der Waals surface area contributed by atoms with Crippen LogP contribution < -0.4 is 5.32 Å². The van der Waals surface area contributed by atoms with Gasteiger partial charge in [0.05, 0.1) is 29.0 Å². The maximum atomic E-state index is 13.2. The molecule has 0 saturated carbocycles. The normalized spacial score (nSPS) is 12.3. The number of hydrogen-bond acceptors (Lipinski definition) is 4. The number of aryl methyl sites for hydroxylation is 2. The molecule has 1 atom stereocenters. The van der Waals surface area contributed by atoms with Gasteiger partial charge in [-0.3, -0.25) is 14.2 Å². The van der Waals surface area contributed by atoms with Crippen molar-refractivity contribution < 1.29 is 4.79 Å². The number of amides is 1. The highest BCUT2D eigenvalue weighted by molar-refractivity contribution is 6.07. The van der Waals surface area contributed by atoms with Crippen molar-refractivity contribution in [2.45, 2.75) is 19.9 Å². The summed E-state index contributed by atoms with van der Waals surface area (Å²) in [6.07, 6.45) is 3.66. The fourth-order valence-corrected chi connectivity index (χ4v) is 3.34. The molecule has 0 saturated heterocycles. The largest absolute Gasteiger partial charge is 0.345 e. The molecule has 142 valence electrons. The first-order valence-electron chi connectivity index (χ1n) is 9.13. The van der Waals surface area contributed by atoms with Crippen LogP contribution in [0.2, 0.25) is 0 Å². The molecule has 1 N–H and O–H groups in total. The van der Waals surface area contributed by atoms with Gasteiger partial charge in [-0.2, -0.15) is 10.2 Å². The van der Waals surface area contributed by atoms with Gasteiger partial charge in [0.1, 0.15) is 5.69 Å². The van der Waals surface area contributed by atoms with Crippen molar-refractivity contribution in [3.05, 3.63) is 65.6 Å². The second kappa shape index (κ2) is 6.92. The Kier molecular flexibility index (Phi) is 4.43. The van der Waals surface area contributed by atoms with Crippen molar-refractivity contribution in [1.82, 2.24) is 29.9 Å². The zero-order valence-corrected chi connectivity index (χ0v) is 16.3. The number of nitrogens with zero attached hydrogens (tertiary/aromatic N) is 5. The van der Waals surface area contributed by atoms with Crippen LogP contribution in [0.15, 0.2) is 48.8 Å². The van der Waals surface area contributed by atoms with E-state index < -0.39 is 0 Å². The fraction of sp³-hybridized carbons (Fsp3) is 0.238. The van der Waals surface area contributed by atoms with E-state index in [1.54, 1.807) is 15.6 Å². The number of aromatic nitrogens is 5. The number of hydrogen-bond donors (Lipinski definition) is 1. The molecule has 0 spiro atoms. The summed E-state index contributed by atoms with van der Waals surface area (Å²) in [5.41, 5.74) is 4.79. The maximum absolute atomic E-state index is 13.2. The first kappa shape index (κ1) is 17.9. The van der Waals surface area contributed by atoms with Gasteiger partial charge in [-0.15, -0.1) is 0 Å². The molecular formula is C21H22N6O. The van der Waals surface area contributed by atoms with Gasteiger partial charge in [-0.1, -0.05) is 18.2 Å².